The van der Waals surface area contributed by atoms with Crippen LogP contribution in [0.5, 0.6) is 0 Å². The van der Waals surface area contributed by atoms with Gasteiger partial charge in [0, 0.05) is 13.0 Å². The first-order valence-corrected chi connectivity index (χ1v) is 28.9. The van der Waals surface area contributed by atoms with Crippen LogP contribution in [0, 0.1) is 0 Å². The fraction of sp³-hybridized carbons (Fsp3) is 0.814. The van der Waals surface area contributed by atoms with Crippen molar-refractivity contribution in [2.75, 3.05) is 33.0 Å². The van der Waals surface area contributed by atoms with Gasteiger partial charge in [-0.1, -0.05) is 177 Å². The number of carbonyl (C=O) groups is 1. The smallest absolute Gasteiger partial charge is 0.306 e. The van der Waals surface area contributed by atoms with Gasteiger partial charge < -0.3 is 64.2 Å². The van der Waals surface area contributed by atoms with E-state index in [4.69, 9.17) is 28.4 Å². The average molecular weight is 1040 g/mol. The Morgan fingerprint density at radius 3 is 1.36 bits per heavy atom. The Morgan fingerprint density at radius 2 is 0.849 bits per heavy atom. The van der Waals surface area contributed by atoms with Gasteiger partial charge in [-0.15, -0.1) is 0 Å². The summed E-state index contributed by atoms with van der Waals surface area (Å²) in [7, 11) is 0. The summed E-state index contributed by atoms with van der Waals surface area (Å²) < 4.78 is 34.4. The van der Waals surface area contributed by atoms with Crippen molar-refractivity contribution >= 4 is 5.97 Å². The third-order valence-electron chi connectivity index (χ3n) is 13.5. The number of hydrogen-bond donors (Lipinski definition) is 7. The highest BCUT2D eigenvalue weighted by molar-refractivity contribution is 5.69. The van der Waals surface area contributed by atoms with Gasteiger partial charge in [-0.25, -0.2) is 0 Å². The van der Waals surface area contributed by atoms with Crippen molar-refractivity contribution in [2.24, 2.45) is 0 Å². The summed E-state index contributed by atoms with van der Waals surface area (Å²) in [6.07, 6.45) is 39.9. The lowest BCUT2D eigenvalue weighted by Gasteiger charge is -2.42. The van der Waals surface area contributed by atoms with Crippen molar-refractivity contribution in [3.8, 4) is 0 Å². The number of carbonyl (C=O) groups excluding carboxylic acids is 1. The molecule has 0 aromatic heterocycles. The van der Waals surface area contributed by atoms with Crippen molar-refractivity contribution in [1.82, 2.24) is 0 Å². The second-order valence-corrected chi connectivity index (χ2v) is 20.1. The van der Waals surface area contributed by atoms with Crippen LogP contribution in [0.3, 0.4) is 0 Å². The molecule has 7 N–H and O–H groups in total. The Labute approximate surface area is 441 Å². The van der Waals surface area contributed by atoms with E-state index in [0.717, 1.165) is 77.0 Å². The summed E-state index contributed by atoms with van der Waals surface area (Å²) in [5.41, 5.74) is 0. The first kappa shape index (κ1) is 66.8. The lowest BCUT2D eigenvalue weighted by Crippen LogP contribution is -2.61. The number of allylic oxidation sites excluding steroid dienone is 10. The maximum absolute atomic E-state index is 13.1. The molecule has 14 heteroatoms. The number of rotatable bonds is 46. The van der Waals surface area contributed by atoms with E-state index in [9.17, 15) is 40.5 Å². The summed E-state index contributed by atoms with van der Waals surface area (Å²) in [4.78, 5) is 13.1. The fourth-order valence-electron chi connectivity index (χ4n) is 8.79. The maximum atomic E-state index is 13.1. The van der Waals surface area contributed by atoms with Crippen molar-refractivity contribution in [2.45, 2.75) is 274 Å². The van der Waals surface area contributed by atoms with Crippen LogP contribution in [-0.2, 0) is 33.2 Å². The van der Waals surface area contributed by atoms with E-state index in [1.165, 1.54) is 103 Å². The first-order chi connectivity index (χ1) is 35.6. The minimum atomic E-state index is -1.71. The number of unbranched alkanes of at least 4 members (excludes halogenated alkanes) is 22. The fourth-order valence-corrected chi connectivity index (χ4v) is 8.79. The van der Waals surface area contributed by atoms with Gasteiger partial charge in [0.1, 0.15) is 54.9 Å². The summed E-state index contributed by atoms with van der Waals surface area (Å²) in [6.45, 7) is 3.62. The summed E-state index contributed by atoms with van der Waals surface area (Å²) in [5, 5.41) is 72.3. The maximum Gasteiger partial charge on any atom is 0.306 e. The Balaban J connectivity index is 1.72. The molecule has 0 radical (unpaired) electrons. The van der Waals surface area contributed by atoms with Crippen LogP contribution in [0.2, 0.25) is 0 Å². The molecular weight excluding hydrogens is 933 g/mol. The van der Waals surface area contributed by atoms with E-state index < -0.39 is 80.7 Å². The monoisotopic (exact) mass is 1040 g/mol. The molecule has 0 spiro atoms. The van der Waals surface area contributed by atoms with Crippen LogP contribution in [0.15, 0.2) is 60.8 Å². The zero-order valence-electron chi connectivity index (χ0n) is 45.4. The van der Waals surface area contributed by atoms with E-state index in [2.05, 4.69) is 74.6 Å². The Hall–Kier alpha value is -2.31. The largest absolute Gasteiger partial charge is 0.457 e. The SMILES string of the molecule is CCCCC/C=C\C/C=C\CCCCCCCCOCC(COC1OC(COC2OC(CO)C(O)C(O)C2O)C(O)C(O)C1O)OC(=O)CCCCCCCCCC/C=C\C/C=C\C/C=C\CCCCCCC. The lowest BCUT2D eigenvalue weighted by molar-refractivity contribution is -0.332. The molecule has 14 nitrogen and oxygen atoms in total. The Kier molecular flexibility index (Phi) is 42.0. The van der Waals surface area contributed by atoms with Gasteiger partial charge in [0.25, 0.3) is 0 Å². The Bertz CT molecular complexity index is 1440. The molecule has 424 valence electrons. The molecule has 0 aromatic rings. The normalized spacial score (nSPS) is 25.4. The molecular formula is C59H104O14. The second-order valence-electron chi connectivity index (χ2n) is 20.1. The van der Waals surface area contributed by atoms with E-state index >= 15 is 0 Å². The number of aliphatic hydroxyl groups is 7. The number of aliphatic hydroxyl groups excluding tert-OH is 7. The molecule has 0 aromatic carbocycles. The van der Waals surface area contributed by atoms with Gasteiger partial charge in [0.15, 0.2) is 12.6 Å². The predicted molar refractivity (Wildman–Crippen MR) is 289 cm³/mol. The van der Waals surface area contributed by atoms with E-state index in [1.807, 2.05) is 0 Å². The number of esters is 1. The Morgan fingerprint density at radius 1 is 0.452 bits per heavy atom. The molecule has 73 heavy (non-hydrogen) atoms. The van der Waals surface area contributed by atoms with Gasteiger partial charge in [0.05, 0.1) is 26.4 Å². The van der Waals surface area contributed by atoms with Crippen LogP contribution in [0.25, 0.3) is 0 Å². The lowest BCUT2D eigenvalue weighted by atomic mass is 9.98. The zero-order chi connectivity index (χ0) is 53.0. The topological polar surface area (TPSA) is 214 Å². The van der Waals surface area contributed by atoms with Crippen molar-refractivity contribution in [3.63, 3.8) is 0 Å². The standard InChI is InChI=1S/C59H104O14/c1-3-5-7-9-11-13-15-17-19-21-22-23-24-25-26-27-28-30-32-34-36-38-40-42-51(61)71-48(45-68-43-41-39-37-35-33-31-29-20-18-16-14-12-10-8-6-4-2)46-69-58-57(67)55(65)53(63)50(73-58)47-70-59-56(66)54(64)52(62)49(44-60)72-59/h12,14-15,17-18,20-22,24-25,48-50,52-60,62-67H,3-11,13,16,19,23,26-47H2,1-2H3/b14-12-,17-15-,20-18-,22-21-,25-24-. The molecule has 2 rings (SSSR count). The van der Waals surface area contributed by atoms with Gasteiger partial charge in [0.2, 0.25) is 0 Å². The molecule has 2 saturated heterocycles. The highest BCUT2D eigenvalue weighted by Gasteiger charge is 2.47. The molecule has 0 saturated carbocycles. The molecule has 2 heterocycles. The minimum Gasteiger partial charge on any atom is -0.457 e. The zero-order valence-corrected chi connectivity index (χ0v) is 45.4. The summed E-state index contributed by atoms with van der Waals surface area (Å²) in [5.74, 6) is -0.388. The van der Waals surface area contributed by atoms with Crippen LogP contribution in [0.1, 0.15) is 206 Å². The van der Waals surface area contributed by atoms with Crippen molar-refractivity contribution in [1.29, 1.82) is 0 Å². The van der Waals surface area contributed by atoms with Crippen LogP contribution in [-0.4, -0.2) is 142 Å². The predicted octanol–water partition coefficient (Wildman–Crippen LogP) is 10.1. The third-order valence-corrected chi connectivity index (χ3v) is 13.5. The van der Waals surface area contributed by atoms with E-state index in [0.29, 0.717) is 13.0 Å². The van der Waals surface area contributed by atoms with Crippen LogP contribution in [0.4, 0.5) is 0 Å². The van der Waals surface area contributed by atoms with Gasteiger partial charge in [-0.2, -0.15) is 0 Å². The van der Waals surface area contributed by atoms with Gasteiger partial charge in [-0.05, 0) is 83.5 Å². The molecule has 0 bridgehead atoms. The molecule has 11 atom stereocenters. The highest BCUT2D eigenvalue weighted by atomic mass is 16.7. The first-order valence-electron chi connectivity index (χ1n) is 28.9. The third kappa shape index (κ3) is 32.8. The van der Waals surface area contributed by atoms with Crippen LogP contribution >= 0.6 is 0 Å². The molecule has 0 aliphatic carbocycles. The average Bonchev–Trinajstić information content (AvgIpc) is 3.39. The molecule has 2 aliphatic heterocycles. The van der Waals surface area contributed by atoms with E-state index in [-0.39, 0.29) is 25.6 Å². The summed E-state index contributed by atoms with van der Waals surface area (Å²) >= 11 is 0. The van der Waals surface area contributed by atoms with Crippen molar-refractivity contribution < 1.29 is 69.0 Å². The van der Waals surface area contributed by atoms with Gasteiger partial charge >= 0.3 is 5.97 Å². The minimum absolute atomic E-state index is 0.0493. The molecule has 2 fully saturated rings. The van der Waals surface area contributed by atoms with Crippen molar-refractivity contribution in [3.05, 3.63) is 60.8 Å². The van der Waals surface area contributed by atoms with E-state index in [1.54, 1.807) is 0 Å². The second kappa shape index (κ2) is 45.8. The quantitative estimate of drug-likeness (QED) is 0.0172. The summed E-state index contributed by atoms with van der Waals surface area (Å²) in [6, 6.07) is 0. The number of ether oxygens (including phenoxy) is 6. The van der Waals surface area contributed by atoms with Gasteiger partial charge in [-0.3, -0.25) is 4.79 Å². The van der Waals surface area contributed by atoms with Crippen LogP contribution < -0.4 is 0 Å². The molecule has 11 unspecified atom stereocenters. The molecule has 0 amide bonds. The highest BCUT2D eigenvalue weighted by Crippen LogP contribution is 2.26. The molecule has 2 aliphatic rings. The number of hydrogen-bond acceptors (Lipinski definition) is 14.